The molecule has 2 N–H and O–H groups in total. The molecule has 0 saturated carbocycles. The van der Waals surface area contributed by atoms with Gasteiger partial charge in [0.15, 0.2) is 0 Å². The minimum Gasteiger partial charge on any atom is -0.374 e. The molecule has 4 rings (SSSR count). The topological polar surface area (TPSA) is 81.3 Å². The Labute approximate surface area is 164 Å². The molecule has 1 amide bonds. The summed E-state index contributed by atoms with van der Waals surface area (Å²) in [7, 11) is 0. The van der Waals surface area contributed by atoms with Gasteiger partial charge in [0.1, 0.15) is 5.69 Å². The molecule has 0 unspecified atom stereocenters. The fourth-order valence-corrected chi connectivity index (χ4v) is 3.64. The number of likely N-dealkylation sites (tertiary alicyclic amines) is 2. The molecule has 2 fully saturated rings. The zero-order valence-electron chi connectivity index (χ0n) is 15.8. The van der Waals surface area contributed by atoms with Crippen LogP contribution in [0, 0.1) is 0 Å². The number of H-pyrrole nitrogens is 1. The van der Waals surface area contributed by atoms with E-state index in [-0.39, 0.29) is 17.5 Å². The van der Waals surface area contributed by atoms with Crippen LogP contribution in [0.15, 0.2) is 53.7 Å². The Kier molecular flexibility index (Phi) is 5.53. The molecule has 0 aromatic carbocycles. The van der Waals surface area contributed by atoms with Crippen LogP contribution in [-0.2, 0) is 4.79 Å². The maximum absolute atomic E-state index is 12.2. The van der Waals surface area contributed by atoms with Crippen molar-refractivity contribution in [2.24, 2.45) is 0 Å². The lowest BCUT2D eigenvalue weighted by Gasteiger charge is -2.39. The molecule has 2 aliphatic rings. The summed E-state index contributed by atoms with van der Waals surface area (Å²) in [6, 6.07) is 5.73. The van der Waals surface area contributed by atoms with Crippen LogP contribution in [0.3, 0.4) is 0 Å². The molecule has 0 atom stereocenters. The largest absolute Gasteiger partial charge is 0.374 e. The SMILES string of the molecule is O=C(C=CCN1CCCC1)N1CC(Nc2cc(-c3ccncc3)c[nH]c2=O)C1. The minimum absolute atomic E-state index is 0.0386. The maximum Gasteiger partial charge on any atom is 0.271 e. The van der Waals surface area contributed by atoms with Crippen LogP contribution in [0.4, 0.5) is 5.69 Å². The van der Waals surface area contributed by atoms with Crippen molar-refractivity contribution in [2.45, 2.75) is 18.9 Å². The van der Waals surface area contributed by atoms with Gasteiger partial charge in [-0.25, -0.2) is 0 Å². The van der Waals surface area contributed by atoms with Gasteiger partial charge >= 0.3 is 0 Å². The van der Waals surface area contributed by atoms with Crippen molar-refractivity contribution >= 4 is 11.6 Å². The summed E-state index contributed by atoms with van der Waals surface area (Å²) in [5.74, 6) is 0.0386. The number of hydrogen-bond donors (Lipinski definition) is 2. The van der Waals surface area contributed by atoms with E-state index >= 15 is 0 Å². The van der Waals surface area contributed by atoms with Crippen LogP contribution in [0.5, 0.6) is 0 Å². The summed E-state index contributed by atoms with van der Waals surface area (Å²) in [4.78, 5) is 35.3. The lowest BCUT2D eigenvalue weighted by molar-refractivity contribution is -0.129. The molecule has 0 aliphatic carbocycles. The molecule has 0 bridgehead atoms. The molecule has 7 heteroatoms. The van der Waals surface area contributed by atoms with Gasteiger partial charge in [0.05, 0.1) is 6.04 Å². The third-order valence-corrected chi connectivity index (χ3v) is 5.29. The predicted molar refractivity (Wildman–Crippen MR) is 109 cm³/mol. The highest BCUT2D eigenvalue weighted by molar-refractivity contribution is 5.88. The molecule has 7 nitrogen and oxygen atoms in total. The molecule has 2 aliphatic heterocycles. The number of carbonyl (C=O) groups is 1. The third kappa shape index (κ3) is 4.31. The van der Waals surface area contributed by atoms with Crippen molar-refractivity contribution in [3.8, 4) is 11.1 Å². The Hall–Kier alpha value is -2.93. The summed E-state index contributed by atoms with van der Waals surface area (Å²) in [5, 5.41) is 3.26. The second kappa shape index (κ2) is 8.39. The van der Waals surface area contributed by atoms with Gasteiger partial charge in [0.25, 0.3) is 5.56 Å². The fraction of sp³-hybridized carbons (Fsp3) is 0.381. The Morgan fingerprint density at radius 2 is 1.96 bits per heavy atom. The summed E-state index contributed by atoms with van der Waals surface area (Å²) in [6.07, 6.45) is 11.3. The number of nitrogens with one attached hydrogen (secondary N) is 2. The average Bonchev–Trinajstić information content (AvgIpc) is 3.19. The van der Waals surface area contributed by atoms with Crippen LogP contribution >= 0.6 is 0 Å². The molecule has 2 aromatic heterocycles. The van der Waals surface area contributed by atoms with E-state index in [1.165, 1.54) is 12.8 Å². The van der Waals surface area contributed by atoms with Crippen molar-refractivity contribution < 1.29 is 4.79 Å². The molecule has 0 spiro atoms. The van der Waals surface area contributed by atoms with E-state index in [0.717, 1.165) is 30.8 Å². The van der Waals surface area contributed by atoms with Gasteiger partial charge in [-0.15, -0.1) is 0 Å². The van der Waals surface area contributed by atoms with Crippen LogP contribution in [-0.4, -0.2) is 64.4 Å². The number of nitrogens with zero attached hydrogens (tertiary/aromatic N) is 3. The van der Waals surface area contributed by atoms with Gasteiger partial charge in [-0.1, -0.05) is 6.08 Å². The quantitative estimate of drug-likeness (QED) is 0.747. The van der Waals surface area contributed by atoms with E-state index in [1.807, 2.05) is 24.3 Å². The van der Waals surface area contributed by atoms with E-state index in [0.29, 0.717) is 18.8 Å². The molecule has 28 heavy (non-hydrogen) atoms. The Balaban J connectivity index is 1.30. The highest BCUT2D eigenvalue weighted by Crippen LogP contribution is 2.20. The Morgan fingerprint density at radius 3 is 2.71 bits per heavy atom. The van der Waals surface area contributed by atoms with Crippen molar-refractivity contribution in [2.75, 3.05) is 38.0 Å². The summed E-state index contributed by atoms with van der Waals surface area (Å²) < 4.78 is 0. The third-order valence-electron chi connectivity index (χ3n) is 5.29. The Bertz CT molecular complexity index is 897. The number of anilines is 1. The second-order valence-corrected chi connectivity index (χ2v) is 7.36. The van der Waals surface area contributed by atoms with E-state index in [1.54, 1.807) is 29.6 Å². The molecular formula is C21H25N5O2. The Morgan fingerprint density at radius 1 is 1.21 bits per heavy atom. The van der Waals surface area contributed by atoms with E-state index in [2.05, 4.69) is 20.2 Å². The number of pyridine rings is 2. The van der Waals surface area contributed by atoms with Crippen LogP contribution < -0.4 is 10.9 Å². The smallest absolute Gasteiger partial charge is 0.271 e. The van der Waals surface area contributed by atoms with Crippen molar-refractivity contribution in [3.63, 3.8) is 0 Å². The number of amides is 1. The highest BCUT2D eigenvalue weighted by Gasteiger charge is 2.29. The fourth-order valence-electron chi connectivity index (χ4n) is 3.64. The molecule has 2 aromatic rings. The van der Waals surface area contributed by atoms with E-state index < -0.39 is 0 Å². The van der Waals surface area contributed by atoms with E-state index in [4.69, 9.17) is 0 Å². The molecule has 4 heterocycles. The van der Waals surface area contributed by atoms with Gasteiger partial charge in [0.2, 0.25) is 5.91 Å². The lowest BCUT2D eigenvalue weighted by Crippen LogP contribution is -2.57. The van der Waals surface area contributed by atoms with Crippen LogP contribution in [0.25, 0.3) is 11.1 Å². The van der Waals surface area contributed by atoms with Crippen molar-refractivity contribution in [1.82, 2.24) is 19.8 Å². The zero-order chi connectivity index (χ0) is 19.3. The van der Waals surface area contributed by atoms with Crippen LogP contribution in [0.2, 0.25) is 0 Å². The first-order valence-corrected chi connectivity index (χ1v) is 9.76. The standard InChI is InChI=1S/C21H25N5O2/c27-20(4-3-11-25-9-1-2-10-25)26-14-18(15-26)24-19-12-17(13-23-21(19)28)16-5-7-22-8-6-16/h3-8,12-13,18,24H,1-2,9-11,14-15H2,(H,23,28). The zero-order valence-corrected chi connectivity index (χ0v) is 15.8. The van der Waals surface area contributed by atoms with Gasteiger partial charge in [0, 0.05) is 49.9 Å². The molecule has 0 radical (unpaired) electrons. The number of carbonyl (C=O) groups excluding carboxylic acids is 1. The first kappa shape index (κ1) is 18.4. The molecule has 2 saturated heterocycles. The number of hydrogen-bond acceptors (Lipinski definition) is 5. The lowest BCUT2D eigenvalue weighted by atomic mass is 10.1. The normalized spacial score (nSPS) is 17.8. The molecular weight excluding hydrogens is 354 g/mol. The summed E-state index contributed by atoms with van der Waals surface area (Å²) >= 11 is 0. The first-order chi connectivity index (χ1) is 13.7. The predicted octanol–water partition coefficient (Wildman–Crippen LogP) is 1.71. The van der Waals surface area contributed by atoms with Crippen LogP contribution in [0.1, 0.15) is 12.8 Å². The summed E-state index contributed by atoms with van der Waals surface area (Å²) in [6.45, 7) is 4.30. The van der Waals surface area contributed by atoms with Gasteiger partial charge in [-0.3, -0.25) is 19.5 Å². The number of aromatic amines is 1. The van der Waals surface area contributed by atoms with Gasteiger partial charge in [-0.05, 0) is 49.7 Å². The van der Waals surface area contributed by atoms with Crippen molar-refractivity contribution in [1.29, 1.82) is 0 Å². The van der Waals surface area contributed by atoms with E-state index in [9.17, 15) is 9.59 Å². The number of rotatable bonds is 6. The number of aromatic nitrogens is 2. The minimum atomic E-state index is -0.159. The summed E-state index contributed by atoms with van der Waals surface area (Å²) in [5.41, 5.74) is 2.27. The monoisotopic (exact) mass is 379 g/mol. The highest BCUT2D eigenvalue weighted by atomic mass is 16.2. The second-order valence-electron chi connectivity index (χ2n) is 7.36. The van der Waals surface area contributed by atoms with Gasteiger partial charge < -0.3 is 15.2 Å². The molecule has 146 valence electrons. The average molecular weight is 379 g/mol. The maximum atomic E-state index is 12.2. The van der Waals surface area contributed by atoms with Crippen molar-refractivity contribution in [3.05, 3.63) is 59.3 Å². The van der Waals surface area contributed by atoms with Gasteiger partial charge in [-0.2, -0.15) is 0 Å². The first-order valence-electron chi connectivity index (χ1n) is 9.76.